The molecule has 0 saturated carbocycles. The zero-order valence-corrected chi connectivity index (χ0v) is 15.6. The highest BCUT2D eigenvalue weighted by atomic mass is 32.2. The van der Waals surface area contributed by atoms with E-state index in [9.17, 15) is 18.3 Å². The number of nitrogens with zero attached hydrogens (tertiary/aromatic N) is 3. The van der Waals surface area contributed by atoms with Crippen molar-refractivity contribution in [2.75, 3.05) is 5.75 Å². The third-order valence-corrected chi connectivity index (χ3v) is 5.06. The fourth-order valence-electron chi connectivity index (χ4n) is 2.79. The minimum atomic E-state index is -4.51. The van der Waals surface area contributed by atoms with Crippen LogP contribution in [0.5, 0.6) is 0 Å². The van der Waals surface area contributed by atoms with E-state index in [1.807, 2.05) is 35.8 Å². The van der Waals surface area contributed by atoms with Crippen LogP contribution >= 0.6 is 11.8 Å². The topological polar surface area (TPSA) is 50.9 Å². The van der Waals surface area contributed by atoms with Crippen LogP contribution in [-0.4, -0.2) is 25.6 Å². The Balaban J connectivity index is 1.83. The normalized spacial score (nSPS) is 13.0. The Labute approximate surface area is 159 Å². The largest absolute Gasteiger partial charge is 0.416 e. The first-order valence-corrected chi connectivity index (χ1v) is 9.22. The van der Waals surface area contributed by atoms with Crippen LogP contribution in [0.15, 0.2) is 53.7 Å². The predicted molar refractivity (Wildman–Crippen MR) is 98.0 cm³/mol. The van der Waals surface area contributed by atoms with E-state index in [1.165, 1.54) is 18.2 Å². The fraction of sp³-hybridized carbons (Fsp3) is 0.263. The number of thioether (sulfide) groups is 1. The fourth-order valence-corrected chi connectivity index (χ4v) is 3.74. The molecule has 0 saturated heterocycles. The molecule has 1 atom stereocenters. The number of hydrogen-bond donors (Lipinski definition) is 1. The minimum Gasteiger partial charge on any atom is -0.388 e. The Morgan fingerprint density at radius 3 is 2.52 bits per heavy atom. The van der Waals surface area contributed by atoms with E-state index in [0.717, 1.165) is 29.1 Å². The molecule has 27 heavy (non-hydrogen) atoms. The molecule has 142 valence electrons. The van der Waals surface area contributed by atoms with Crippen molar-refractivity contribution in [1.29, 1.82) is 0 Å². The van der Waals surface area contributed by atoms with Gasteiger partial charge < -0.3 is 5.11 Å². The van der Waals surface area contributed by atoms with E-state index in [4.69, 9.17) is 0 Å². The van der Waals surface area contributed by atoms with E-state index < -0.39 is 17.8 Å². The molecule has 0 aliphatic carbocycles. The molecule has 1 heterocycles. The number of aliphatic hydroxyl groups excluding tert-OH is 1. The van der Waals surface area contributed by atoms with Crippen molar-refractivity contribution in [2.24, 2.45) is 0 Å². The van der Waals surface area contributed by atoms with Crippen LogP contribution in [0.25, 0.3) is 5.69 Å². The molecule has 1 N–H and O–H groups in total. The SMILES string of the molecule is Cc1cccc(-n2c(C)nnc2SC[C@H](O)c2ccccc2C(F)(F)F)c1. The Morgan fingerprint density at radius 1 is 1.07 bits per heavy atom. The molecule has 0 unspecified atom stereocenters. The van der Waals surface area contributed by atoms with Crippen LogP contribution in [0, 0.1) is 13.8 Å². The molecule has 1 aromatic heterocycles. The van der Waals surface area contributed by atoms with Crippen molar-refractivity contribution >= 4 is 11.8 Å². The van der Waals surface area contributed by atoms with Crippen molar-refractivity contribution < 1.29 is 18.3 Å². The number of alkyl halides is 3. The summed E-state index contributed by atoms with van der Waals surface area (Å²) >= 11 is 1.16. The lowest BCUT2D eigenvalue weighted by Gasteiger charge is -2.17. The first-order chi connectivity index (χ1) is 12.8. The maximum Gasteiger partial charge on any atom is 0.416 e. The van der Waals surface area contributed by atoms with Crippen LogP contribution in [-0.2, 0) is 6.18 Å². The summed E-state index contributed by atoms with van der Waals surface area (Å²) in [5.41, 5.74) is 0.964. The Kier molecular flexibility index (Phi) is 5.57. The van der Waals surface area contributed by atoms with E-state index in [0.29, 0.717) is 11.0 Å². The van der Waals surface area contributed by atoms with Gasteiger partial charge in [-0.25, -0.2) is 0 Å². The summed E-state index contributed by atoms with van der Waals surface area (Å²) in [6.45, 7) is 3.77. The highest BCUT2D eigenvalue weighted by Crippen LogP contribution is 2.36. The summed E-state index contributed by atoms with van der Waals surface area (Å²) in [6.07, 6.45) is -5.80. The van der Waals surface area contributed by atoms with E-state index in [-0.39, 0.29) is 11.3 Å². The van der Waals surface area contributed by atoms with Gasteiger partial charge in [-0.05, 0) is 43.2 Å². The number of hydrogen-bond acceptors (Lipinski definition) is 4. The van der Waals surface area contributed by atoms with Gasteiger partial charge in [0.2, 0.25) is 0 Å². The standard InChI is InChI=1S/C19H18F3N3OS/c1-12-6-5-7-14(10-12)25-13(2)23-24-18(25)27-11-17(26)15-8-3-4-9-16(15)19(20,21)22/h3-10,17,26H,11H2,1-2H3/t17-/m0/s1. The van der Waals surface area contributed by atoms with Crippen molar-refractivity contribution in [2.45, 2.75) is 31.3 Å². The van der Waals surface area contributed by atoms with Crippen molar-refractivity contribution in [3.05, 3.63) is 71.0 Å². The second-order valence-corrected chi connectivity index (χ2v) is 7.10. The van der Waals surface area contributed by atoms with Gasteiger partial charge in [-0.3, -0.25) is 4.57 Å². The summed E-state index contributed by atoms with van der Waals surface area (Å²) < 4.78 is 41.3. The molecule has 0 aliphatic rings. The highest BCUT2D eigenvalue weighted by Gasteiger charge is 2.34. The molecule has 3 rings (SSSR count). The average molecular weight is 393 g/mol. The molecule has 0 bridgehead atoms. The van der Waals surface area contributed by atoms with Crippen molar-refractivity contribution in [3.63, 3.8) is 0 Å². The second-order valence-electron chi connectivity index (χ2n) is 6.12. The number of aliphatic hydroxyl groups is 1. The number of halogens is 3. The molecular weight excluding hydrogens is 375 g/mol. The molecule has 8 heteroatoms. The first kappa shape index (κ1) is 19.4. The molecule has 4 nitrogen and oxygen atoms in total. The smallest absolute Gasteiger partial charge is 0.388 e. The molecule has 3 aromatic rings. The lowest BCUT2D eigenvalue weighted by atomic mass is 10.0. The highest BCUT2D eigenvalue weighted by molar-refractivity contribution is 7.99. The maximum absolute atomic E-state index is 13.2. The van der Waals surface area contributed by atoms with Crippen LogP contribution in [0.2, 0.25) is 0 Å². The van der Waals surface area contributed by atoms with Gasteiger partial charge in [-0.15, -0.1) is 10.2 Å². The van der Waals surface area contributed by atoms with Gasteiger partial charge >= 0.3 is 6.18 Å². The molecule has 2 aromatic carbocycles. The number of rotatable bonds is 5. The molecule has 0 radical (unpaired) electrons. The number of aryl methyl sites for hydroxylation is 2. The van der Waals surface area contributed by atoms with Gasteiger partial charge in [-0.1, -0.05) is 42.1 Å². The molecule has 0 fully saturated rings. The second kappa shape index (κ2) is 7.74. The maximum atomic E-state index is 13.2. The monoisotopic (exact) mass is 393 g/mol. The Hall–Kier alpha value is -2.32. The van der Waals surface area contributed by atoms with Crippen LogP contribution in [0.3, 0.4) is 0 Å². The summed E-state index contributed by atoms with van der Waals surface area (Å²) in [4.78, 5) is 0. The molecule has 0 aliphatic heterocycles. The molecular formula is C19H18F3N3OS. The van der Waals surface area contributed by atoms with E-state index in [2.05, 4.69) is 10.2 Å². The average Bonchev–Trinajstić information content (AvgIpc) is 2.99. The lowest BCUT2D eigenvalue weighted by molar-refractivity contribution is -0.139. The van der Waals surface area contributed by atoms with Crippen LogP contribution in [0.1, 0.15) is 28.6 Å². The zero-order valence-electron chi connectivity index (χ0n) is 14.7. The predicted octanol–water partition coefficient (Wildman–Crippen LogP) is 4.73. The third-order valence-electron chi connectivity index (χ3n) is 4.05. The number of benzene rings is 2. The van der Waals surface area contributed by atoms with Crippen molar-refractivity contribution in [3.8, 4) is 5.69 Å². The summed E-state index contributed by atoms with van der Waals surface area (Å²) in [6, 6.07) is 12.8. The van der Waals surface area contributed by atoms with Crippen molar-refractivity contribution in [1.82, 2.24) is 14.8 Å². The van der Waals surface area contributed by atoms with Gasteiger partial charge in [0.1, 0.15) is 5.82 Å². The van der Waals surface area contributed by atoms with Gasteiger partial charge in [0.25, 0.3) is 0 Å². The quantitative estimate of drug-likeness (QED) is 0.637. The third kappa shape index (κ3) is 4.33. The van der Waals surface area contributed by atoms with E-state index >= 15 is 0 Å². The zero-order chi connectivity index (χ0) is 19.6. The first-order valence-electron chi connectivity index (χ1n) is 8.23. The van der Waals surface area contributed by atoms with Gasteiger partial charge in [0.05, 0.1) is 11.7 Å². The molecule has 0 spiro atoms. The lowest BCUT2D eigenvalue weighted by Crippen LogP contribution is -2.13. The Bertz CT molecular complexity index is 940. The summed E-state index contributed by atoms with van der Waals surface area (Å²) in [5.74, 6) is 0.685. The number of aromatic nitrogens is 3. The Morgan fingerprint density at radius 2 is 1.81 bits per heavy atom. The van der Waals surface area contributed by atoms with Gasteiger partial charge in [-0.2, -0.15) is 13.2 Å². The van der Waals surface area contributed by atoms with E-state index in [1.54, 1.807) is 6.92 Å². The molecule has 0 amide bonds. The van der Waals surface area contributed by atoms with Gasteiger partial charge in [0.15, 0.2) is 5.16 Å². The minimum absolute atomic E-state index is 0.0248. The van der Waals surface area contributed by atoms with Crippen LogP contribution < -0.4 is 0 Å². The summed E-state index contributed by atoms with van der Waals surface area (Å²) in [5, 5.41) is 19.0. The van der Waals surface area contributed by atoms with Gasteiger partial charge in [0, 0.05) is 11.4 Å². The van der Waals surface area contributed by atoms with Crippen LogP contribution in [0.4, 0.5) is 13.2 Å². The summed E-state index contributed by atoms with van der Waals surface area (Å²) in [7, 11) is 0.